The number of rotatable bonds is 7. The van der Waals surface area contributed by atoms with E-state index in [-0.39, 0.29) is 5.91 Å². The third-order valence-electron chi connectivity index (χ3n) is 6.42. The molecule has 10 nitrogen and oxygen atoms in total. The van der Waals surface area contributed by atoms with Gasteiger partial charge in [-0.3, -0.25) is 9.48 Å². The van der Waals surface area contributed by atoms with Crippen molar-refractivity contribution in [1.82, 2.24) is 25.1 Å². The summed E-state index contributed by atoms with van der Waals surface area (Å²) in [5, 5.41) is 15.1. The summed E-state index contributed by atoms with van der Waals surface area (Å²) in [5.41, 5.74) is 4.99. The number of benzene rings is 2. The number of carbonyl (C=O) groups excluding carboxylic acids is 1. The van der Waals surface area contributed by atoms with Gasteiger partial charge >= 0.3 is 0 Å². The fourth-order valence-electron chi connectivity index (χ4n) is 4.49. The van der Waals surface area contributed by atoms with Crippen molar-refractivity contribution in [2.24, 2.45) is 7.05 Å². The molecule has 0 unspecified atom stereocenters. The Kier molecular flexibility index (Phi) is 7.00. The summed E-state index contributed by atoms with van der Waals surface area (Å²) in [7, 11) is 3.55. The predicted molar refractivity (Wildman–Crippen MR) is 147 cm³/mol. The number of aryl methyl sites for hydroxylation is 1. The molecule has 0 bridgehead atoms. The summed E-state index contributed by atoms with van der Waals surface area (Å²) >= 11 is 0. The van der Waals surface area contributed by atoms with Crippen molar-refractivity contribution in [3.8, 4) is 17.0 Å². The number of amides is 1. The number of nitrogens with one attached hydrogen (secondary N) is 3. The first-order valence-electron chi connectivity index (χ1n) is 12.2. The molecule has 0 spiro atoms. The minimum Gasteiger partial charge on any atom is -0.494 e. The molecule has 1 aliphatic rings. The van der Waals surface area contributed by atoms with Crippen molar-refractivity contribution < 1.29 is 9.53 Å². The molecule has 2 aromatic carbocycles. The fourth-order valence-corrected chi connectivity index (χ4v) is 4.49. The van der Waals surface area contributed by atoms with Gasteiger partial charge in [-0.1, -0.05) is 18.7 Å². The van der Waals surface area contributed by atoms with Gasteiger partial charge in [0.05, 0.1) is 41.6 Å². The van der Waals surface area contributed by atoms with E-state index in [4.69, 9.17) is 4.74 Å². The minimum absolute atomic E-state index is 0.278. The Labute approximate surface area is 215 Å². The lowest BCUT2D eigenvalue weighted by Crippen LogP contribution is -2.29. The van der Waals surface area contributed by atoms with Crippen molar-refractivity contribution in [3.05, 3.63) is 61.6 Å². The topological polar surface area (TPSA) is 109 Å². The zero-order valence-corrected chi connectivity index (χ0v) is 21.0. The van der Waals surface area contributed by atoms with Crippen LogP contribution in [-0.4, -0.2) is 58.9 Å². The number of hydrogen-bond acceptors (Lipinski definition) is 8. The number of anilines is 4. The Hall–Kier alpha value is -4.44. The zero-order chi connectivity index (χ0) is 25.8. The lowest BCUT2D eigenvalue weighted by molar-refractivity contribution is -0.111. The largest absolute Gasteiger partial charge is 0.494 e. The van der Waals surface area contributed by atoms with Crippen LogP contribution in [-0.2, 0) is 11.8 Å². The Morgan fingerprint density at radius 2 is 2.03 bits per heavy atom. The standard InChI is InChI=1S/C27H30N8O2/c1-4-27(36)33-21-13-22(25(37-3)15-24(21)35-10-5-8-28-9-11-35)32-26-14-20(29-17-30-26)18-6-7-19-16-31-34(2)23(19)12-18/h4,6-7,12-17,28H,1,5,8-11H2,2-3H3,(H,33,36)(H,29,30,32). The van der Waals surface area contributed by atoms with Gasteiger partial charge in [0.15, 0.2) is 0 Å². The summed E-state index contributed by atoms with van der Waals surface area (Å²) < 4.78 is 7.58. The highest BCUT2D eigenvalue weighted by Gasteiger charge is 2.19. The Balaban J connectivity index is 1.49. The molecule has 0 aliphatic carbocycles. The third kappa shape index (κ3) is 5.24. The van der Waals surface area contributed by atoms with Crippen molar-refractivity contribution >= 4 is 39.7 Å². The van der Waals surface area contributed by atoms with Crippen molar-refractivity contribution in [1.29, 1.82) is 0 Å². The van der Waals surface area contributed by atoms with Crippen LogP contribution in [0.3, 0.4) is 0 Å². The highest BCUT2D eigenvalue weighted by molar-refractivity contribution is 6.02. The number of carbonyl (C=O) groups is 1. The van der Waals surface area contributed by atoms with Crippen LogP contribution in [0.4, 0.5) is 22.9 Å². The van der Waals surface area contributed by atoms with Crippen molar-refractivity contribution in [3.63, 3.8) is 0 Å². The molecular formula is C27H30N8O2. The van der Waals surface area contributed by atoms with Crippen LogP contribution >= 0.6 is 0 Å². The van der Waals surface area contributed by atoms with Gasteiger partial charge < -0.3 is 25.6 Å². The molecule has 0 radical (unpaired) electrons. The quantitative estimate of drug-likeness (QED) is 0.331. The predicted octanol–water partition coefficient (Wildman–Crippen LogP) is 3.71. The van der Waals surface area contributed by atoms with Crippen LogP contribution in [0.15, 0.2) is 61.6 Å². The van der Waals surface area contributed by atoms with Crippen molar-refractivity contribution in [2.75, 3.05) is 48.8 Å². The van der Waals surface area contributed by atoms with Crippen LogP contribution in [0.25, 0.3) is 22.2 Å². The first kappa shape index (κ1) is 24.3. The van der Waals surface area contributed by atoms with Gasteiger partial charge in [0.25, 0.3) is 0 Å². The maximum Gasteiger partial charge on any atom is 0.247 e. The lowest BCUT2D eigenvalue weighted by atomic mass is 10.1. The maximum atomic E-state index is 12.3. The van der Waals surface area contributed by atoms with E-state index >= 15 is 0 Å². The Morgan fingerprint density at radius 3 is 2.86 bits per heavy atom. The summed E-state index contributed by atoms with van der Waals surface area (Å²) in [6, 6.07) is 11.8. The van der Waals surface area contributed by atoms with Crippen LogP contribution in [0.2, 0.25) is 0 Å². The molecule has 5 rings (SSSR count). The first-order chi connectivity index (χ1) is 18.1. The molecule has 10 heteroatoms. The third-order valence-corrected chi connectivity index (χ3v) is 6.42. The number of nitrogens with zero attached hydrogens (tertiary/aromatic N) is 5. The highest BCUT2D eigenvalue weighted by atomic mass is 16.5. The average molecular weight is 499 g/mol. The molecule has 1 saturated heterocycles. The second kappa shape index (κ2) is 10.7. The minimum atomic E-state index is -0.278. The number of ether oxygens (including phenoxy) is 1. The molecule has 4 aromatic rings. The zero-order valence-electron chi connectivity index (χ0n) is 21.0. The molecule has 3 N–H and O–H groups in total. The molecule has 37 heavy (non-hydrogen) atoms. The van der Waals surface area contributed by atoms with E-state index in [1.807, 2.05) is 48.3 Å². The van der Waals surface area contributed by atoms with Gasteiger partial charge in [0.1, 0.15) is 17.9 Å². The Morgan fingerprint density at radius 1 is 1.14 bits per heavy atom. The maximum absolute atomic E-state index is 12.3. The van der Waals surface area contributed by atoms with E-state index in [1.54, 1.807) is 7.11 Å². The normalized spacial score (nSPS) is 13.7. The molecule has 1 amide bonds. The van der Waals surface area contributed by atoms with Crippen LogP contribution in [0.5, 0.6) is 5.75 Å². The smallest absolute Gasteiger partial charge is 0.247 e. The summed E-state index contributed by atoms with van der Waals surface area (Å²) in [4.78, 5) is 23.4. The van der Waals surface area contributed by atoms with Gasteiger partial charge in [0, 0.05) is 49.8 Å². The second-order valence-corrected chi connectivity index (χ2v) is 8.81. The van der Waals surface area contributed by atoms with E-state index in [0.29, 0.717) is 22.9 Å². The van der Waals surface area contributed by atoms with E-state index in [0.717, 1.165) is 60.4 Å². The lowest BCUT2D eigenvalue weighted by Gasteiger charge is -2.27. The van der Waals surface area contributed by atoms with Gasteiger partial charge in [-0.05, 0) is 31.2 Å². The number of fused-ring (bicyclic) bond motifs is 1. The van der Waals surface area contributed by atoms with Crippen molar-refractivity contribution in [2.45, 2.75) is 6.42 Å². The molecule has 1 aliphatic heterocycles. The van der Waals surface area contributed by atoms with E-state index in [1.165, 1.54) is 12.4 Å². The summed E-state index contributed by atoms with van der Waals surface area (Å²) in [5.74, 6) is 0.960. The fraction of sp³-hybridized carbons (Fsp3) is 0.259. The summed E-state index contributed by atoms with van der Waals surface area (Å²) in [6.45, 7) is 7.12. The number of aromatic nitrogens is 4. The second-order valence-electron chi connectivity index (χ2n) is 8.81. The molecule has 1 fully saturated rings. The number of methoxy groups -OCH3 is 1. The highest BCUT2D eigenvalue weighted by Crippen LogP contribution is 2.39. The first-order valence-corrected chi connectivity index (χ1v) is 12.2. The molecule has 3 heterocycles. The molecular weight excluding hydrogens is 468 g/mol. The molecule has 0 saturated carbocycles. The number of hydrogen-bond donors (Lipinski definition) is 3. The average Bonchev–Trinajstić information content (AvgIpc) is 3.10. The molecule has 190 valence electrons. The monoisotopic (exact) mass is 498 g/mol. The SMILES string of the molecule is C=CC(=O)Nc1cc(Nc2cc(-c3ccc4cnn(C)c4c3)ncn2)c(OC)cc1N1CCCNCC1. The van der Waals surface area contributed by atoms with Crippen LogP contribution < -0.4 is 25.6 Å². The van der Waals surface area contributed by atoms with Gasteiger partial charge in [-0.15, -0.1) is 0 Å². The van der Waals surface area contributed by atoms with E-state index in [2.05, 4.69) is 48.6 Å². The Bertz CT molecular complexity index is 1440. The van der Waals surface area contributed by atoms with Crippen LogP contribution in [0, 0.1) is 0 Å². The van der Waals surface area contributed by atoms with E-state index < -0.39 is 0 Å². The van der Waals surface area contributed by atoms with Crippen LogP contribution in [0.1, 0.15) is 6.42 Å². The molecule has 2 aromatic heterocycles. The summed E-state index contributed by atoms with van der Waals surface area (Å²) in [6.07, 6.45) is 5.63. The van der Waals surface area contributed by atoms with Gasteiger partial charge in [-0.2, -0.15) is 5.10 Å². The van der Waals surface area contributed by atoms with Gasteiger partial charge in [-0.25, -0.2) is 9.97 Å². The van der Waals surface area contributed by atoms with Gasteiger partial charge in [0.2, 0.25) is 5.91 Å². The molecule has 0 atom stereocenters. The van der Waals surface area contributed by atoms with E-state index in [9.17, 15) is 4.79 Å².